The molecule has 0 aliphatic carbocycles. The molecule has 1 amide bonds. The number of carbonyl (C=O) groups excluding carboxylic acids is 1. The molecule has 0 atom stereocenters. The minimum atomic E-state index is -4.34. The maximum absolute atomic E-state index is 12.5. The highest BCUT2D eigenvalue weighted by molar-refractivity contribution is 7.99. The van der Waals surface area contributed by atoms with Crippen molar-refractivity contribution in [2.45, 2.75) is 25.4 Å². The molecule has 0 radical (unpaired) electrons. The van der Waals surface area contributed by atoms with Gasteiger partial charge in [-0.3, -0.25) is 4.79 Å². The van der Waals surface area contributed by atoms with Crippen molar-refractivity contribution in [3.05, 3.63) is 70.8 Å². The van der Waals surface area contributed by atoms with Gasteiger partial charge in [0.05, 0.1) is 11.3 Å². The largest absolute Gasteiger partial charge is 0.416 e. The molecule has 2 nitrogen and oxygen atoms in total. The summed E-state index contributed by atoms with van der Waals surface area (Å²) in [5.74, 6) is 0.926. The Bertz CT molecular complexity index is 666. The monoisotopic (exact) mass is 353 g/mol. The van der Waals surface area contributed by atoms with Gasteiger partial charge in [-0.15, -0.1) is 11.8 Å². The molecule has 0 unspecified atom stereocenters. The first-order valence-electron chi connectivity index (χ1n) is 7.41. The summed E-state index contributed by atoms with van der Waals surface area (Å²) >= 11 is 1.50. The van der Waals surface area contributed by atoms with Crippen LogP contribution in [-0.4, -0.2) is 11.7 Å². The fraction of sp³-hybridized carbons (Fsp3) is 0.278. The zero-order valence-corrected chi connectivity index (χ0v) is 14.0. The predicted molar refractivity (Wildman–Crippen MR) is 90.6 cm³/mol. The average molecular weight is 353 g/mol. The van der Waals surface area contributed by atoms with Crippen molar-refractivity contribution in [3.63, 3.8) is 0 Å². The van der Waals surface area contributed by atoms with Crippen LogP contribution in [-0.2, 0) is 23.3 Å². The van der Waals surface area contributed by atoms with Crippen molar-refractivity contribution in [1.82, 2.24) is 5.32 Å². The van der Waals surface area contributed by atoms with Crippen LogP contribution in [0.15, 0.2) is 48.5 Å². The topological polar surface area (TPSA) is 29.1 Å². The van der Waals surface area contributed by atoms with Crippen molar-refractivity contribution in [2.24, 2.45) is 0 Å². The Hall–Kier alpha value is -1.95. The number of carbonyl (C=O) groups is 1. The molecule has 0 spiro atoms. The van der Waals surface area contributed by atoms with E-state index < -0.39 is 11.7 Å². The molecule has 2 aromatic carbocycles. The number of alkyl halides is 3. The van der Waals surface area contributed by atoms with E-state index >= 15 is 0 Å². The minimum Gasteiger partial charge on any atom is -0.351 e. The van der Waals surface area contributed by atoms with Crippen LogP contribution < -0.4 is 5.32 Å². The maximum Gasteiger partial charge on any atom is 0.416 e. The molecular weight excluding hydrogens is 335 g/mol. The van der Waals surface area contributed by atoms with Crippen LogP contribution in [0.25, 0.3) is 0 Å². The Kier molecular flexibility index (Phi) is 6.31. The summed E-state index contributed by atoms with van der Waals surface area (Å²) in [6.07, 6.45) is -4.34. The van der Waals surface area contributed by atoms with E-state index in [1.54, 1.807) is 0 Å². The second-order valence-corrected chi connectivity index (χ2v) is 6.44. The molecule has 24 heavy (non-hydrogen) atoms. The first-order chi connectivity index (χ1) is 11.3. The van der Waals surface area contributed by atoms with Crippen LogP contribution in [0, 0.1) is 6.92 Å². The minimum absolute atomic E-state index is 0.132. The molecular formula is C18H18F3NOS. The van der Waals surface area contributed by atoms with E-state index in [-0.39, 0.29) is 12.5 Å². The fourth-order valence-electron chi connectivity index (χ4n) is 2.01. The van der Waals surface area contributed by atoms with E-state index in [9.17, 15) is 18.0 Å². The van der Waals surface area contributed by atoms with Gasteiger partial charge in [0.2, 0.25) is 5.91 Å². The van der Waals surface area contributed by atoms with Crippen molar-refractivity contribution < 1.29 is 18.0 Å². The van der Waals surface area contributed by atoms with Gasteiger partial charge in [0.15, 0.2) is 0 Å². The van der Waals surface area contributed by atoms with Crippen LogP contribution in [0.4, 0.5) is 13.2 Å². The van der Waals surface area contributed by atoms with Gasteiger partial charge >= 0.3 is 6.18 Å². The van der Waals surface area contributed by atoms with E-state index in [2.05, 4.69) is 5.32 Å². The second-order valence-electron chi connectivity index (χ2n) is 5.45. The molecule has 0 saturated heterocycles. The number of thioether (sulfide) groups is 1. The molecule has 0 fully saturated rings. The highest BCUT2D eigenvalue weighted by Gasteiger charge is 2.29. The molecule has 6 heteroatoms. The first-order valence-corrected chi connectivity index (χ1v) is 8.56. The van der Waals surface area contributed by atoms with Crippen LogP contribution >= 0.6 is 11.8 Å². The summed E-state index contributed by atoms with van der Waals surface area (Å²) in [7, 11) is 0. The Morgan fingerprint density at radius 3 is 2.17 bits per heavy atom. The third-order valence-corrected chi connectivity index (χ3v) is 4.40. The van der Waals surface area contributed by atoms with Gasteiger partial charge in [0, 0.05) is 12.3 Å². The van der Waals surface area contributed by atoms with Gasteiger partial charge in [0.25, 0.3) is 0 Å². The van der Waals surface area contributed by atoms with Gasteiger partial charge in [-0.05, 0) is 30.2 Å². The Labute approximate surface area is 143 Å². The lowest BCUT2D eigenvalue weighted by atomic mass is 10.1. The summed E-state index contributed by atoms with van der Waals surface area (Å²) in [6.45, 7) is 2.24. The standard InChI is InChI=1S/C18H18F3NOS/c1-13-2-4-15(5-3-13)11-24-12-17(23)22-10-14-6-8-16(9-7-14)18(19,20)21/h2-9H,10-12H2,1H3,(H,22,23). The molecule has 2 rings (SSSR count). The summed E-state index contributed by atoms with van der Waals surface area (Å²) < 4.78 is 37.4. The lowest BCUT2D eigenvalue weighted by Gasteiger charge is -2.09. The summed E-state index contributed by atoms with van der Waals surface area (Å²) in [4.78, 5) is 11.8. The van der Waals surface area contributed by atoms with E-state index in [1.807, 2.05) is 31.2 Å². The molecule has 0 aromatic heterocycles. The number of benzene rings is 2. The maximum atomic E-state index is 12.5. The van der Waals surface area contributed by atoms with E-state index in [0.717, 1.165) is 23.4 Å². The molecule has 0 aliphatic heterocycles. The van der Waals surface area contributed by atoms with Crippen LogP contribution in [0.2, 0.25) is 0 Å². The number of halogens is 3. The van der Waals surface area contributed by atoms with Crippen LogP contribution in [0.1, 0.15) is 22.3 Å². The summed E-state index contributed by atoms with van der Waals surface area (Å²) in [5.41, 5.74) is 2.30. The molecule has 0 saturated carbocycles. The van der Waals surface area contributed by atoms with E-state index in [1.165, 1.54) is 29.5 Å². The summed E-state index contributed by atoms with van der Waals surface area (Å²) in [5, 5.41) is 2.71. The highest BCUT2D eigenvalue weighted by atomic mass is 32.2. The average Bonchev–Trinajstić information content (AvgIpc) is 2.54. The van der Waals surface area contributed by atoms with Crippen LogP contribution in [0.5, 0.6) is 0 Å². The third kappa shape index (κ3) is 5.92. The zero-order chi connectivity index (χ0) is 17.6. The van der Waals surface area contributed by atoms with E-state index in [0.29, 0.717) is 11.3 Å². The fourth-order valence-corrected chi connectivity index (χ4v) is 2.83. The van der Waals surface area contributed by atoms with Crippen LogP contribution in [0.3, 0.4) is 0 Å². The van der Waals surface area contributed by atoms with Crippen molar-refractivity contribution in [1.29, 1.82) is 0 Å². The molecule has 0 bridgehead atoms. The van der Waals surface area contributed by atoms with Gasteiger partial charge in [-0.2, -0.15) is 13.2 Å². The van der Waals surface area contributed by atoms with Crippen molar-refractivity contribution in [3.8, 4) is 0 Å². The Morgan fingerprint density at radius 1 is 1.00 bits per heavy atom. The quantitative estimate of drug-likeness (QED) is 0.825. The Morgan fingerprint density at radius 2 is 1.58 bits per heavy atom. The lowest BCUT2D eigenvalue weighted by Crippen LogP contribution is -2.24. The van der Waals surface area contributed by atoms with E-state index in [4.69, 9.17) is 0 Å². The number of rotatable bonds is 6. The summed E-state index contributed by atoms with van der Waals surface area (Å²) in [6, 6.07) is 12.9. The number of aryl methyl sites for hydroxylation is 1. The molecule has 128 valence electrons. The lowest BCUT2D eigenvalue weighted by molar-refractivity contribution is -0.137. The molecule has 2 aromatic rings. The van der Waals surface area contributed by atoms with Crippen molar-refractivity contribution in [2.75, 3.05) is 5.75 Å². The SMILES string of the molecule is Cc1ccc(CSCC(=O)NCc2ccc(C(F)(F)F)cc2)cc1. The van der Waals surface area contributed by atoms with Crippen molar-refractivity contribution >= 4 is 17.7 Å². The molecule has 0 aliphatic rings. The first kappa shape index (κ1) is 18.4. The molecule has 0 heterocycles. The number of amides is 1. The second kappa shape index (κ2) is 8.24. The highest BCUT2D eigenvalue weighted by Crippen LogP contribution is 2.29. The van der Waals surface area contributed by atoms with Gasteiger partial charge in [-0.25, -0.2) is 0 Å². The molecule has 1 N–H and O–H groups in total. The third-order valence-electron chi connectivity index (χ3n) is 3.39. The van der Waals surface area contributed by atoms with Gasteiger partial charge in [0.1, 0.15) is 0 Å². The number of nitrogens with one attached hydrogen (secondary N) is 1. The van der Waals surface area contributed by atoms with Gasteiger partial charge < -0.3 is 5.32 Å². The van der Waals surface area contributed by atoms with Gasteiger partial charge in [-0.1, -0.05) is 42.0 Å². The zero-order valence-electron chi connectivity index (χ0n) is 13.2. The normalized spacial score (nSPS) is 11.3. The smallest absolute Gasteiger partial charge is 0.351 e. The Balaban J connectivity index is 1.72. The predicted octanol–water partition coefficient (Wildman–Crippen LogP) is 4.56. The number of hydrogen-bond acceptors (Lipinski definition) is 2. The number of hydrogen-bond donors (Lipinski definition) is 1.